The van der Waals surface area contributed by atoms with Gasteiger partial charge in [0.25, 0.3) is 0 Å². The standard InChI is InChI=1S/C51H30N4OS/c1-3-13-31(14-4-1)49-52-50(32-15-5-2-6-16-32)54-51(53-49)34-26-28-44-40(29-34)38-27-25-33(30-45(38)56-44)35-19-12-24-46-47(35)39-20-11-23-43(48(39)57-46)55-41-21-9-7-17-36(41)37-18-8-10-22-42(37)55/h1-30H. The lowest BCUT2D eigenvalue weighted by Crippen LogP contribution is -2.00. The van der Waals surface area contributed by atoms with E-state index in [1.165, 1.54) is 53.2 Å². The van der Waals surface area contributed by atoms with Gasteiger partial charge in [0.2, 0.25) is 0 Å². The van der Waals surface area contributed by atoms with Crippen LogP contribution in [-0.4, -0.2) is 19.5 Å². The van der Waals surface area contributed by atoms with Crippen LogP contribution in [0.25, 0.3) is 115 Å². The average Bonchev–Trinajstić information content (AvgIpc) is 3.96. The van der Waals surface area contributed by atoms with Gasteiger partial charge in [-0.05, 0) is 65.7 Å². The molecule has 266 valence electrons. The van der Waals surface area contributed by atoms with Crippen LogP contribution in [0.4, 0.5) is 0 Å². The van der Waals surface area contributed by atoms with Crippen molar-refractivity contribution in [2.24, 2.45) is 0 Å². The van der Waals surface area contributed by atoms with Gasteiger partial charge in [-0.25, -0.2) is 15.0 Å². The van der Waals surface area contributed by atoms with Crippen LogP contribution in [0.3, 0.4) is 0 Å². The molecule has 8 aromatic carbocycles. The fourth-order valence-corrected chi connectivity index (χ4v) is 9.69. The molecular weight excluding hydrogens is 717 g/mol. The van der Waals surface area contributed by atoms with Gasteiger partial charge in [-0.2, -0.15) is 0 Å². The monoisotopic (exact) mass is 746 g/mol. The third-order valence-corrected chi connectivity index (χ3v) is 12.3. The number of hydrogen-bond acceptors (Lipinski definition) is 5. The first-order valence-electron chi connectivity index (χ1n) is 19.0. The molecular formula is C51H30N4OS. The van der Waals surface area contributed by atoms with Crippen molar-refractivity contribution in [3.05, 3.63) is 182 Å². The molecule has 0 unspecified atom stereocenters. The van der Waals surface area contributed by atoms with E-state index in [4.69, 9.17) is 19.4 Å². The number of fused-ring (bicyclic) bond motifs is 9. The molecule has 6 heteroatoms. The Labute approximate surface area is 330 Å². The maximum atomic E-state index is 6.57. The maximum absolute atomic E-state index is 6.57. The highest BCUT2D eigenvalue weighted by Crippen LogP contribution is 2.45. The van der Waals surface area contributed by atoms with E-state index in [0.29, 0.717) is 17.5 Å². The third kappa shape index (κ3) is 5.04. The molecule has 0 amide bonds. The fourth-order valence-electron chi connectivity index (χ4n) is 8.45. The minimum Gasteiger partial charge on any atom is -0.456 e. The number of nitrogens with zero attached hydrogens (tertiary/aromatic N) is 4. The molecule has 0 radical (unpaired) electrons. The number of thiophene rings is 1. The molecule has 4 heterocycles. The highest BCUT2D eigenvalue weighted by atomic mass is 32.1. The van der Waals surface area contributed by atoms with Gasteiger partial charge in [-0.3, -0.25) is 0 Å². The second-order valence-corrected chi connectivity index (χ2v) is 15.4. The Morgan fingerprint density at radius 3 is 1.70 bits per heavy atom. The number of rotatable bonds is 5. The van der Waals surface area contributed by atoms with Crippen LogP contribution in [0.1, 0.15) is 0 Å². The molecule has 0 saturated heterocycles. The molecule has 0 aliphatic rings. The predicted molar refractivity (Wildman–Crippen MR) is 236 cm³/mol. The summed E-state index contributed by atoms with van der Waals surface area (Å²) in [7, 11) is 0. The zero-order chi connectivity index (χ0) is 37.5. The van der Waals surface area contributed by atoms with Gasteiger partial charge in [0.15, 0.2) is 17.5 Å². The van der Waals surface area contributed by atoms with Crippen molar-refractivity contribution in [3.8, 4) is 51.0 Å². The van der Waals surface area contributed by atoms with Crippen molar-refractivity contribution < 1.29 is 4.42 Å². The molecule has 12 aromatic rings. The van der Waals surface area contributed by atoms with Crippen molar-refractivity contribution in [2.45, 2.75) is 0 Å². The summed E-state index contributed by atoms with van der Waals surface area (Å²) in [4.78, 5) is 14.8. The Kier molecular flexibility index (Phi) is 7.03. The predicted octanol–water partition coefficient (Wildman–Crippen LogP) is 13.9. The molecule has 4 aromatic heterocycles. The largest absolute Gasteiger partial charge is 0.456 e. The van der Waals surface area contributed by atoms with Crippen molar-refractivity contribution in [3.63, 3.8) is 0 Å². The number of aromatic nitrogens is 4. The van der Waals surface area contributed by atoms with E-state index in [-0.39, 0.29) is 0 Å². The molecule has 0 fully saturated rings. The van der Waals surface area contributed by atoms with Gasteiger partial charge in [0.05, 0.1) is 21.4 Å². The quantitative estimate of drug-likeness (QED) is 0.176. The zero-order valence-corrected chi connectivity index (χ0v) is 31.2. The summed E-state index contributed by atoms with van der Waals surface area (Å²) in [5.74, 6) is 1.89. The summed E-state index contributed by atoms with van der Waals surface area (Å²) < 4.78 is 11.5. The van der Waals surface area contributed by atoms with E-state index in [2.05, 4.69) is 114 Å². The summed E-state index contributed by atoms with van der Waals surface area (Å²) in [5, 5.41) is 7.11. The summed E-state index contributed by atoms with van der Waals surface area (Å²) in [6.45, 7) is 0. The lowest BCUT2D eigenvalue weighted by atomic mass is 9.98. The Balaban J connectivity index is 0.989. The van der Waals surface area contributed by atoms with Crippen molar-refractivity contribution >= 4 is 75.3 Å². The minimum atomic E-state index is 0.617. The molecule has 12 rings (SSSR count). The van der Waals surface area contributed by atoms with E-state index in [9.17, 15) is 0 Å². The molecule has 0 saturated carbocycles. The molecule has 57 heavy (non-hydrogen) atoms. The van der Waals surface area contributed by atoms with Gasteiger partial charge < -0.3 is 8.98 Å². The van der Waals surface area contributed by atoms with E-state index in [0.717, 1.165) is 44.2 Å². The van der Waals surface area contributed by atoms with Crippen LogP contribution in [0, 0.1) is 0 Å². The maximum Gasteiger partial charge on any atom is 0.164 e. The van der Waals surface area contributed by atoms with Crippen LogP contribution in [-0.2, 0) is 0 Å². The molecule has 0 atom stereocenters. The smallest absolute Gasteiger partial charge is 0.164 e. The summed E-state index contributed by atoms with van der Waals surface area (Å²) in [5.41, 5.74) is 10.4. The first kappa shape index (κ1) is 31.9. The van der Waals surface area contributed by atoms with Gasteiger partial charge in [0, 0.05) is 53.7 Å². The van der Waals surface area contributed by atoms with Crippen molar-refractivity contribution in [1.29, 1.82) is 0 Å². The number of benzene rings is 8. The van der Waals surface area contributed by atoms with Gasteiger partial charge in [-0.1, -0.05) is 127 Å². The normalized spacial score (nSPS) is 11.9. The van der Waals surface area contributed by atoms with Gasteiger partial charge in [0.1, 0.15) is 11.2 Å². The zero-order valence-electron chi connectivity index (χ0n) is 30.4. The van der Waals surface area contributed by atoms with Gasteiger partial charge in [-0.15, -0.1) is 11.3 Å². The molecule has 0 bridgehead atoms. The molecule has 0 N–H and O–H groups in total. The molecule has 0 aliphatic carbocycles. The highest BCUT2D eigenvalue weighted by Gasteiger charge is 2.19. The Hall–Kier alpha value is -7.41. The van der Waals surface area contributed by atoms with E-state index >= 15 is 0 Å². The summed E-state index contributed by atoms with van der Waals surface area (Å²) in [6, 6.07) is 63.7. The van der Waals surface area contributed by atoms with Crippen LogP contribution >= 0.6 is 11.3 Å². The first-order valence-corrected chi connectivity index (χ1v) is 19.8. The molecule has 0 aliphatic heterocycles. The summed E-state index contributed by atoms with van der Waals surface area (Å²) in [6.07, 6.45) is 0. The van der Waals surface area contributed by atoms with Crippen LogP contribution in [0.15, 0.2) is 186 Å². The highest BCUT2D eigenvalue weighted by molar-refractivity contribution is 7.26. The Morgan fingerprint density at radius 1 is 0.404 bits per heavy atom. The van der Waals surface area contributed by atoms with Crippen LogP contribution in [0.2, 0.25) is 0 Å². The lowest BCUT2D eigenvalue weighted by Gasteiger charge is -2.09. The van der Waals surface area contributed by atoms with E-state index in [1.54, 1.807) is 0 Å². The first-order chi connectivity index (χ1) is 28.2. The van der Waals surface area contributed by atoms with Crippen molar-refractivity contribution in [1.82, 2.24) is 19.5 Å². The van der Waals surface area contributed by atoms with Gasteiger partial charge >= 0.3 is 0 Å². The molecule has 5 nitrogen and oxygen atoms in total. The van der Waals surface area contributed by atoms with Crippen LogP contribution in [0.5, 0.6) is 0 Å². The number of para-hydroxylation sites is 2. The number of furan rings is 1. The van der Waals surface area contributed by atoms with Crippen molar-refractivity contribution in [2.75, 3.05) is 0 Å². The van der Waals surface area contributed by atoms with E-state index in [1.807, 2.05) is 84.1 Å². The van der Waals surface area contributed by atoms with E-state index < -0.39 is 0 Å². The topological polar surface area (TPSA) is 56.7 Å². The third-order valence-electron chi connectivity index (χ3n) is 11.1. The lowest BCUT2D eigenvalue weighted by molar-refractivity contribution is 0.669. The second kappa shape index (κ2) is 12.6. The average molecular weight is 747 g/mol. The Morgan fingerprint density at radius 2 is 1.00 bits per heavy atom. The SMILES string of the molecule is c1ccc(-c2nc(-c3ccccc3)nc(-c3ccc4oc5cc(-c6cccc7sc8c(-n9c%10ccccc%10c%10ccccc%109)cccc8c67)ccc5c4c3)n2)cc1. The minimum absolute atomic E-state index is 0.617. The number of hydrogen-bond donors (Lipinski definition) is 0. The molecule has 0 spiro atoms. The Bertz CT molecular complexity index is 3420. The fraction of sp³-hybridized carbons (Fsp3) is 0. The second-order valence-electron chi connectivity index (χ2n) is 14.4. The summed E-state index contributed by atoms with van der Waals surface area (Å²) >= 11 is 1.86. The van der Waals surface area contributed by atoms with Crippen LogP contribution < -0.4 is 0 Å².